The van der Waals surface area contributed by atoms with Crippen LogP contribution in [0.25, 0.3) is 0 Å². The van der Waals surface area contributed by atoms with Crippen LogP contribution >= 0.6 is 0 Å². The molecule has 0 fully saturated rings. The lowest BCUT2D eigenvalue weighted by atomic mass is 10.0. The standard InChI is InChI=1S/C39H69NO5/c1-3-5-7-9-11-12-13-14-15-16-17-18-19-20-21-26-30-34-39(44)45-36(31-27-23-10-8-6-4-2)32-28-24-22-25-29-33-37(41)40-35-38(42)43/h5,7,11-12,14-15,36H,3-4,6,8-10,13,16-35H2,1-2H3,(H,40,41)(H,42,43)/b7-5-,12-11-,15-14-. The molecule has 0 aromatic rings. The fourth-order valence-corrected chi connectivity index (χ4v) is 5.35. The van der Waals surface area contributed by atoms with E-state index in [0.29, 0.717) is 12.8 Å². The van der Waals surface area contributed by atoms with Gasteiger partial charge in [0.2, 0.25) is 5.91 Å². The Labute approximate surface area is 276 Å². The van der Waals surface area contributed by atoms with Crippen molar-refractivity contribution in [1.82, 2.24) is 5.32 Å². The summed E-state index contributed by atoms with van der Waals surface area (Å²) in [5, 5.41) is 11.0. The van der Waals surface area contributed by atoms with Crippen LogP contribution in [0.1, 0.15) is 181 Å². The molecule has 0 bridgehead atoms. The molecular formula is C39H69NO5. The molecule has 6 heteroatoms. The normalized spacial score (nSPS) is 12.4. The monoisotopic (exact) mass is 632 g/mol. The van der Waals surface area contributed by atoms with Gasteiger partial charge in [0.1, 0.15) is 12.6 Å². The van der Waals surface area contributed by atoms with Crippen molar-refractivity contribution in [3.8, 4) is 0 Å². The molecule has 0 heterocycles. The van der Waals surface area contributed by atoms with E-state index in [4.69, 9.17) is 9.84 Å². The summed E-state index contributed by atoms with van der Waals surface area (Å²) in [5.41, 5.74) is 0. The van der Waals surface area contributed by atoms with Crippen molar-refractivity contribution in [2.75, 3.05) is 6.54 Å². The van der Waals surface area contributed by atoms with Crippen LogP contribution in [-0.2, 0) is 19.1 Å². The van der Waals surface area contributed by atoms with E-state index in [1.807, 2.05) is 0 Å². The smallest absolute Gasteiger partial charge is 0.322 e. The Balaban J connectivity index is 4.01. The Morgan fingerprint density at radius 3 is 1.67 bits per heavy atom. The number of rotatable bonds is 33. The summed E-state index contributed by atoms with van der Waals surface area (Å²) >= 11 is 0. The molecule has 0 saturated heterocycles. The minimum absolute atomic E-state index is 0.0264. The summed E-state index contributed by atoms with van der Waals surface area (Å²) in [5.74, 6) is -1.25. The minimum Gasteiger partial charge on any atom is -0.480 e. The van der Waals surface area contributed by atoms with Crippen molar-refractivity contribution in [2.24, 2.45) is 0 Å². The third kappa shape index (κ3) is 34.3. The molecule has 1 unspecified atom stereocenters. The lowest BCUT2D eigenvalue weighted by Crippen LogP contribution is -2.28. The maximum Gasteiger partial charge on any atom is 0.322 e. The molecule has 0 aliphatic rings. The number of unbranched alkanes of at least 4 members (excludes halogenated alkanes) is 16. The Morgan fingerprint density at radius 1 is 0.600 bits per heavy atom. The number of hydrogen-bond acceptors (Lipinski definition) is 4. The zero-order chi connectivity index (χ0) is 33.1. The zero-order valence-corrected chi connectivity index (χ0v) is 29.2. The maximum atomic E-state index is 12.6. The molecule has 260 valence electrons. The first-order chi connectivity index (χ1) is 22.0. The van der Waals surface area contributed by atoms with Gasteiger partial charge in [0, 0.05) is 12.8 Å². The molecule has 6 nitrogen and oxygen atoms in total. The van der Waals surface area contributed by atoms with Crippen LogP contribution in [0.2, 0.25) is 0 Å². The first-order valence-electron chi connectivity index (χ1n) is 18.6. The second-order valence-corrected chi connectivity index (χ2v) is 12.5. The second-order valence-electron chi connectivity index (χ2n) is 12.5. The molecule has 0 aromatic heterocycles. The predicted molar refractivity (Wildman–Crippen MR) is 189 cm³/mol. The third-order valence-corrected chi connectivity index (χ3v) is 8.08. The fourth-order valence-electron chi connectivity index (χ4n) is 5.35. The molecule has 1 amide bonds. The van der Waals surface area contributed by atoms with E-state index < -0.39 is 5.97 Å². The van der Waals surface area contributed by atoms with Crippen LogP contribution < -0.4 is 5.32 Å². The highest BCUT2D eigenvalue weighted by molar-refractivity contribution is 5.80. The fraction of sp³-hybridized carbons (Fsp3) is 0.769. The van der Waals surface area contributed by atoms with Gasteiger partial charge in [0.05, 0.1) is 0 Å². The highest BCUT2D eigenvalue weighted by atomic mass is 16.5. The van der Waals surface area contributed by atoms with E-state index in [-0.39, 0.29) is 24.5 Å². The number of aliphatic carboxylic acids is 1. The number of carbonyl (C=O) groups excluding carboxylic acids is 2. The predicted octanol–water partition coefficient (Wildman–Crippen LogP) is 10.9. The van der Waals surface area contributed by atoms with Gasteiger partial charge in [-0.1, -0.05) is 134 Å². The Hall–Kier alpha value is -2.37. The number of carboxylic acids is 1. The van der Waals surface area contributed by atoms with Crippen molar-refractivity contribution in [1.29, 1.82) is 0 Å². The van der Waals surface area contributed by atoms with E-state index in [1.165, 1.54) is 70.6 Å². The highest BCUT2D eigenvalue weighted by Crippen LogP contribution is 2.18. The van der Waals surface area contributed by atoms with Crippen molar-refractivity contribution < 1.29 is 24.2 Å². The SMILES string of the molecule is CC/C=C\C/C=C\C/C=C\CCCCCCCCCC(=O)OC(CCCCCCCC)CCCCCCCC(=O)NCC(=O)O. The molecule has 0 aliphatic carbocycles. The van der Waals surface area contributed by atoms with Gasteiger partial charge in [-0.15, -0.1) is 0 Å². The molecule has 2 N–H and O–H groups in total. The van der Waals surface area contributed by atoms with Gasteiger partial charge < -0.3 is 15.2 Å². The van der Waals surface area contributed by atoms with Crippen LogP contribution in [0.15, 0.2) is 36.5 Å². The number of carboxylic acid groups (broad SMARTS) is 1. The lowest BCUT2D eigenvalue weighted by Gasteiger charge is -2.18. The number of carbonyl (C=O) groups is 3. The van der Waals surface area contributed by atoms with Gasteiger partial charge in [-0.25, -0.2) is 0 Å². The van der Waals surface area contributed by atoms with Gasteiger partial charge in [-0.2, -0.15) is 0 Å². The van der Waals surface area contributed by atoms with Gasteiger partial charge in [-0.3, -0.25) is 14.4 Å². The number of amides is 1. The second kappa shape index (κ2) is 34.5. The summed E-state index contributed by atoms with van der Waals surface area (Å²) < 4.78 is 5.96. The van der Waals surface area contributed by atoms with Crippen LogP contribution in [0.5, 0.6) is 0 Å². The Kier molecular flexibility index (Phi) is 32.7. The van der Waals surface area contributed by atoms with Crippen molar-refractivity contribution in [3.05, 3.63) is 36.5 Å². The van der Waals surface area contributed by atoms with E-state index >= 15 is 0 Å². The maximum absolute atomic E-state index is 12.6. The van der Waals surface area contributed by atoms with E-state index in [2.05, 4.69) is 55.6 Å². The zero-order valence-electron chi connectivity index (χ0n) is 29.2. The third-order valence-electron chi connectivity index (χ3n) is 8.08. The van der Waals surface area contributed by atoms with Crippen LogP contribution in [0.3, 0.4) is 0 Å². The average molecular weight is 632 g/mol. The molecule has 0 spiro atoms. The number of ether oxygens (including phenoxy) is 1. The molecule has 0 aromatic carbocycles. The molecule has 45 heavy (non-hydrogen) atoms. The van der Waals surface area contributed by atoms with Gasteiger partial charge in [0.15, 0.2) is 0 Å². The van der Waals surface area contributed by atoms with Crippen molar-refractivity contribution in [2.45, 2.75) is 187 Å². The Bertz CT molecular complexity index is 788. The van der Waals surface area contributed by atoms with Gasteiger partial charge in [0.25, 0.3) is 0 Å². The molecule has 0 radical (unpaired) electrons. The molecule has 1 atom stereocenters. The van der Waals surface area contributed by atoms with Gasteiger partial charge >= 0.3 is 11.9 Å². The van der Waals surface area contributed by atoms with Crippen molar-refractivity contribution >= 4 is 17.8 Å². The van der Waals surface area contributed by atoms with Crippen molar-refractivity contribution in [3.63, 3.8) is 0 Å². The summed E-state index contributed by atoms with van der Waals surface area (Å²) in [6.45, 7) is 4.08. The van der Waals surface area contributed by atoms with Crippen LogP contribution in [-0.4, -0.2) is 35.6 Å². The van der Waals surface area contributed by atoms with Crippen LogP contribution in [0.4, 0.5) is 0 Å². The van der Waals surface area contributed by atoms with Gasteiger partial charge in [-0.05, 0) is 70.6 Å². The number of esters is 1. The average Bonchev–Trinajstić information content (AvgIpc) is 3.02. The molecule has 0 rings (SSSR count). The summed E-state index contributed by atoms with van der Waals surface area (Å²) in [7, 11) is 0. The first kappa shape index (κ1) is 42.6. The Morgan fingerprint density at radius 2 is 1.09 bits per heavy atom. The number of nitrogens with one attached hydrogen (secondary N) is 1. The number of allylic oxidation sites excluding steroid dienone is 6. The summed E-state index contributed by atoms with van der Waals surface area (Å²) in [4.78, 5) is 34.8. The van der Waals surface area contributed by atoms with E-state index in [1.54, 1.807) is 0 Å². The molecule has 0 aliphatic heterocycles. The quantitative estimate of drug-likeness (QED) is 0.0427. The topological polar surface area (TPSA) is 92.7 Å². The highest BCUT2D eigenvalue weighted by Gasteiger charge is 2.14. The first-order valence-corrected chi connectivity index (χ1v) is 18.6. The van der Waals surface area contributed by atoms with E-state index in [0.717, 1.165) is 83.5 Å². The summed E-state index contributed by atoms with van der Waals surface area (Å²) in [6, 6.07) is 0. The largest absolute Gasteiger partial charge is 0.480 e. The molecular weight excluding hydrogens is 562 g/mol. The minimum atomic E-state index is -1.02. The number of hydrogen-bond donors (Lipinski definition) is 2. The summed E-state index contributed by atoms with van der Waals surface area (Å²) in [6.07, 6.45) is 41.3. The van der Waals surface area contributed by atoms with E-state index in [9.17, 15) is 14.4 Å². The van der Waals surface area contributed by atoms with Crippen LogP contribution in [0, 0.1) is 0 Å². The lowest BCUT2D eigenvalue weighted by molar-refractivity contribution is -0.150. The molecule has 0 saturated carbocycles.